The number of hydrogen-bond acceptors (Lipinski definition) is 6. The maximum Gasteiger partial charge on any atom is 0.336 e. The molecule has 0 saturated carbocycles. The Bertz CT molecular complexity index is 879. The highest BCUT2D eigenvalue weighted by Gasteiger charge is 2.43. The van der Waals surface area contributed by atoms with Crippen LogP contribution >= 0.6 is 0 Å². The fourth-order valence-corrected chi connectivity index (χ4v) is 4.04. The van der Waals surface area contributed by atoms with Crippen LogP contribution in [0.5, 0.6) is 11.5 Å². The third kappa shape index (κ3) is 3.31. The van der Waals surface area contributed by atoms with E-state index in [1.807, 2.05) is 0 Å². The standard InChI is InChI=1S/C21H25NO5/c1-11-17(20(25)27-5)18(12-6-7-16(26-4)14(23)8-12)19-13(22-11)9-21(2,3)10-15(19)24/h6-8,18,22-23H,9-10H2,1-5H3. The quantitative estimate of drug-likeness (QED) is 0.794. The Balaban J connectivity index is 2.21. The van der Waals surface area contributed by atoms with Crippen LogP contribution in [0.15, 0.2) is 40.7 Å². The predicted molar refractivity (Wildman–Crippen MR) is 100 cm³/mol. The Morgan fingerprint density at radius 1 is 1.26 bits per heavy atom. The molecule has 2 N–H and O–H groups in total. The van der Waals surface area contributed by atoms with E-state index in [-0.39, 0.29) is 16.9 Å². The maximum atomic E-state index is 13.0. The molecule has 1 aromatic rings. The van der Waals surface area contributed by atoms with Crippen molar-refractivity contribution in [2.45, 2.75) is 39.5 Å². The topological polar surface area (TPSA) is 84.9 Å². The average Bonchev–Trinajstić information content (AvgIpc) is 2.58. The van der Waals surface area contributed by atoms with Gasteiger partial charge in [0, 0.05) is 29.3 Å². The minimum Gasteiger partial charge on any atom is -0.504 e. The summed E-state index contributed by atoms with van der Waals surface area (Å²) in [6, 6.07) is 4.94. The summed E-state index contributed by atoms with van der Waals surface area (Å²) < 4.78 is 10.1. The Kier molecular flexibility index (Phi) is 4.76. The summed E-state index contributed by atoms with van der Waals surface area (Å²) in [7, 11) is 2.79. The zero-order chi connectivity index (χ0) is 19.9. The number of Topliss-reactive ketones (excluding diaryl/α,β-unsaturated/α-hetero) is 1. The van der Waals surface area contributed by atoms with Crippen LogP contribution < -0.4 is 10.1 Å². The number of ketones is 1. The Hall–Kier alpha value is -2.76. The summed E-state index contributed by atoms with van der Waals surface area (Å²) in [6.45, 7) is 5.91. The molecule has 1 aliphatic heterocycles. The molecule has 6 nitrogen and oxygen atoms in total. The molecular weight excluding hydrogens is 346 g/mol. The molecule has 0 fully saturated rings. The third-order valence-corrected chi connectivity index (χ3v) is 5.18. The molecule has 144 valence electrons. The van der Waals surface area contributed by atoms with Crippen molar-refractivity contribution in [2.75, 3.05) is 14.2 Å². The molecule has 0 amide bonds. The summed E-state index contributed by atoms with van der Waals surface area (Å²) in [4.78, 5) is 25.6. The van der Waals surface area contributed by atoms with E-state index >= 15 is 0 Å². The molecule has 0 aromatic heterocycles. The Labute approximate surface area is 158 Å². The van der Waals surface area contributed by atoms with Crippen molar-refractivity contribution in [3.8, 4) is 11.5 Å². The van der Waals surface area contributed by atoms with E-state index in [4.69, 9.17) is 9.47 Å². The molecule has 1 atom stereocenters. The SMILES string of the molecule is COC(=O)C1=C(C)NC2=C(C(=O)CC(C)(C)C2)C1c1ccc(OC)c(O)c1. The number of methoxy groups -OCH3 is 2. The Morgan fingerprint density at radius 2 is 1.96 bits per heavy atom. The highest BCUT2D eigenvalue weighted by Crippen LogP contribution is 2.47. The number of phenols is 1. The van der Waals surface area contributed by atoms with Gasteiger partial charge in [-0.1, -0.05) is 19.9 Å². The summed E-state index contributed by atoms with van der Waals surface area (Å²) in [5.74, 6) is -0.791. The second kappa shape index (κ2) is 6.76. The van der Waals surface area contributed by atoms with Crippen LogP contribution in [-0.4, -0.2) is 31.1 Å². The molecule has 3 rings (SSSR count). The first-order valence-electron chi connectivity index (χ1n) is 8.87. The Morgan fingerprint density at radius 3 is 2.56 bits per heavy atom. The number of esters is 1. The number of allylic oxidation sites excluding steroid dienone is 3. The number of hydrogen-bond donors (Lipinski definition) is 2. The van der Waals surface area contributed by atoms with Gasteiger partial charge in [-0.3, -0.25) is 4.79 Å². The van der Waals surface area contributed by atoms with Gasteiger partial charge < -0.3 is 19.9 Å². The van der Waals surface area contributed by atoms with Crippen LogP contribution in [-0.2, 0) is 14.3 Å². The molecule has 0 saturated heterocycles. The van der Waals surface area contributed by atoms with Gasteiger partial charge in [-0.15, -0.1) is 0 Å². The van der Waals surface area contributed by atoms with Gasteiger partial charge in [0.25, 0.3) is 0 Å². The lowest BCUT2D eigenvalue weighted by molar-refractivity contribution is -0.136. The van der Waals surface area contributed by atoms with Crippen LogP contribution in [0, 0.1) is 5.41 Å². The first-order chi connectivity index (χ1) is 12.7. The monoisotopic (exact) mass is 371 g/mol. The normalized spacial score (nSPS) is 21.5. The van der Waals surface area contributed by atoms with Gasteiger partial charge in [0.2, 0.25) is 0 Å². The van der Waals surface area contributed by atoms with Gasteiger partial charge in [-0.2, -0.15) is 0 Å². The second-order valence-electron chi connectivity index (χ2n) is 7.85. The number of carbonyl (C=O) groups excluding carboxylic acids is 2. The average molecular weight is 371 g/mol. The molecule has 0 bridgehead atoms. The van der Waals surface area contributed by atoms with Gasteiger partial charge in [0.1, 0.15) is 0 Å². The van der Waals surface area contributed by atoms with Crippen molar-refractivity contribution in [1.82, 2.24) is 5.32 Å². The van der Waals surface area contributed by atoms with E-state index in [1.54, 1.807) is 25.1 Å². The van der Waals surface area contributed by atoms with E-state index in [9.17, 15) is 14.7 Å². The van der Waals surface area contributed by atoms with Gasteiger partial charge >= 0.3 is 5.97 Å². The number of ether oxygens (including phenoxy) is 2. The lowest BCUT2D eigenvalue weighted by Gasteiger charge is -2.39. The molecule has 1 aromatic carbocycles. The van der Waals surface area contributed by atoms with Crippen molar-refractivity contribution in [2.24, 2.45) is 5.41 Å². The molecule has 27 heavy (non-hydrogen) atoms. The van der Waals surface area contributed by atoms with Crippen molar-refractivity contribution in [3.63, 3.8) is 0 Å². The highest BCUT2D eigenvalue weighted by molar-refractivity contribution is 6.04. The zero-order valence-corrected chi connectivity index (χ0v) is 16.3. The number of benzene rings is 1. The minimum atomic E-state index is -0.589. The van der Waals surface area contributed by atoms with Gasteiger partial charge in [0.05, 0.1) is 19.8 Å². The molecule has 0 radical (unpaired) electrons. The van der Waals surface area contributed by atoms with E-state index < -0.39 is 11.9 Å². The smallest absolute Gasteiger partial charge is 0.336 e. The van der Waals surface area contributed by atoms with Crippen LogP contribution in [0.2, 0.25) is 0 Å². The van der Waals surface area contributed by atoms with Crippen molar-refractivity contribution < 1.29 is 24.2 Å². The number of phenolic OH excluding ortho intramolecular Hbond substituents is 1. The fourth-order valence-electron chi connectivity index (χ4n) is 4.04. The van der Waals surface area contributed by atoms with E-state index in [0.29, 0.717) is 41.0 Å². The highest BCUT2D eigenvalue weighted by atomic mass is 16.5. The lowest BCUT2D eigenvalue weighted by atomic mass is 9.68. The van der Waals surface area contributed by atoms with E-state index in [0.717, 1.165) is 5.70 Å². The molecule has 0 spiro atoms. The lowest BCUT2D eigenvalue weighted by Crippen LogP contribution is -2.38. The van der Waals surface area contributed by atoms with Gasteiger partial charge in [0.15, 0.2) is 17.3 Å². The van der Waals surface area contributed by atoms with Crippen LogP contribution in [0.3, 0.4) is 0 Å². The number of carbonyl (C=O) groups is 2. The first-order valence-corrected chi connectivity index (χ1v) is 8.87. The molecule has 1 aliphatic carbocycles. The number of rotatable bonds is 3. The zero-order valence-electron chi connectivity index (χ0n) is 16.3. The summed E-state index contributed by atoms with van der Waals surface area (Å²) >= 11 is 0. The van der Waals surface area contributed by atoms with Gasteiger partial charge in [-0.25, -0.2) is 4.79 Å². The van der Waals surface area contributed by atoms with Crippen molar-refractivity contribution in [3.05, 3.63) is 46.3 Å². The maximum absolute atomic E-state index is 13.0. The van der Waals surface area contributed by atoms with Crippen LogP contribution in [0.4, 0.5) is 0 Å². The molecule has 2 aliphatic rings. The summed E-state index contributed by atoms with van der Waals surface area (Å²) in [6.07, 6.45) is 1.11. The summed E-state index contributed by atoms with van der Waals surface area (Å²) in [5.41, 5.74) is 2.94. The molecule has 1 heterocycles. The predicted octanol–water partition coefficient (Wildman–Crippen LogP) is 3.18. The van der Waals surface area contributed by atoms with Crippen LogP contribution in [0.1, 0.15) is 45.1 Å². The molecule has 6 heteroatoms. The van der Waals surface area contributed by atoms with Crippen LogP contribution in [0.25, 0.3) is 0 Å². The minimum absolute atomic E-state index is 0.00274. The number of dihydropyridines is 1. The largest absolute Gasteiger partial charge is 0.504 e. The van der Waals surface area contributed by atoms with E-state index in [1.165, 1.54) is 14.2 Å². The third-order valence-electron chi connectivity index (χ3n) is 5.18. The number of aromatic hydroxyl groups is 1. The second-order valence-corrected chi connectivity index (χ2v) is 7.85. The van der Waals surface area contributed by atoms with Crippen molar-refractivity contribution >= 4 is 11.8 Å². The molecule has 1 unspecified atom stereocenters. The fraction of sp³-hybridized carbons (Fsp3) is 0.429. The number of nitrogens with one attached hydrogen (secondary N) is 1. The van der Waals surface area contributed by atoms with E-state index in [2.05, 4.69) is 19.2 Å². The first kappa shape index (κ1) is 19.0. The summed E-state index contributed by atoms with van der Waals surface area (Å²) in [5, 5.41) is 13.5. The van der Waals surface area contributed by atoms with Crippen molar-refractivity contribution in [1.29, 1.82) is 0 Å². The van der Waals surface area contributed by atoms with Gasteiger partial charge in [-0.05, 0) is 36.5 Å². The molecular formula is C21H25NO5.